The predicted octanol–water partition coefficient (Wildman–Crippen LogP) is 3.49. The highest BCUT2D eigenvalue weighted by atomic mass is 19.1. The summed E-state index contributed by atoms with van der Waals surface area (Å²) in [7, 11) is -0.586. The molecular weight excluding hydrogens is 258 g/mol. The van der Waals surface area contributed by atoms with Crippen LogP contribution in [0, 0.1) is 5.82 Å². The molecule has 1 fully saturated rings. The van der Waals surface area contributed by atoms with Gasteiger partial charge in [0.25, 0.3) is 0 Å². The van der Waals surface area contributed by atoms with E-state index in [1.165, 1.54) is 24.3 Å². The van der Waals surface area contributed by atoms with Crippen LogP contribution in [-0.4, -0.2) is 24.1 Å². The van der Waals surface area contributed by atoms with Gasteiger partial charge in [-0.3, -0.25) is 4.79 Å². The number of halogens is 1. The number of hydrogen-bond donors (Lipinski definition) is 0. The SMILES string of the molecule is CC(B1OC(C)(C)C(C)(C)O1)C(=O)c1ccc(F)cc1. The maximum absolute atomic E-state index is 12.9. The minimum atomic E-state index is -0.586. The molecule has 0 bridgehead atoms. The Labute approximate surface area is 119 Å². The molecule has 1 saturated heterocycles. The first-order valence-electron chi connectivity index (χ1n) is 6.79. The fourth-order valence-electron chi connectivity index (χ4n) is 2.09. The lowest BCUT2D eigenvalue weighted by molar-refractivity contribution is 0.00578. The average molecular weight is 278 g/mol. The summed E-state index contributed by atoms with van der Waals surface area (Å²) in [6.45, 7) is 9.56. The molecule has 0 saturated carbocycles. The number of ketones is 1. The Morgan fingerprint density at radius 3 is 2.00 bits per heavy atom. The molecule has 20 heavy (non-hydrogen) atoms. The van der Waals surface area contributed by atoms with E-state index >= 15 is 0 Å². The van der Waals surface area contributed by atoms with E-state index in [1.54, 1.807) is 6.92 Å². The third-order valence-corrected chi connectivity index (χ3v) is 4.22. The summed E-state index contributed by atoms with van der Waals surface area (Å²) < 4.78 is 24.6. The van der Waals surface area contributed by atoms with Gasteiger partial charge >= 0.3 is 7.12 Å². The van der Waals surface area contributed by atoms with Gasteiger partial charge in [-0.15, -0.1) is 0 Å². The molecule has 0 spiro atoms. The van der Waals surface area contributed by atoms with Crippen LogP contribution in [0.1, 0.15) is 45.0 Å². The molecule has 1 aliphatic rings. The summed E-state index contributed by atoms with van der Waals surface area (Å²) in [5, 5.41) is 0. The van der Waals surface area contributed by atoms with Crippen molar-refractivity contribution in [1.29, 1.82) is 0 Å². The van der Waals surface area contributed by atoms with Crippen molar-refractivity contribution in [2.45, 2.75) is 51.6 Å². The fraction of sp³-hybridized carbons (Fsp3) is 0.533. The molecule has 1 heterocycles. The second kappa shape index (κ2) is 4.97. The van der Waals surface area contributed by atoms with E-state index in [1.807, 2.05) is 27.7 Å². The summed E-state index contributed by atoms with van der Waals surface area (Å²) in [6, 6.07) is 5.53. The molecule has 1 atom stereocenters. The third kappa shape index (κ3) is 2.65. The van der Waals surface area contributed by atoms with Crippen molar-refractivity contribution in [2.24, 2.45) is 0 Å². The van der Waals surface area contributed by atoms with Crippen LogP contribution in [0.25, 0.3) is 0 Å². The van der Waals surface area contributed by atoms with Gasteiger partial charge in [0.15, 0.2) is 5.78 Å². The second-order valence-electron chi connectivity index (χ2n) is 6.28. The van der Waals surface area contributed by atoms with E-state index in [4.69, 9.17) is 9.31 Å². The van der Waals surface area contributed by atoms with E-state index in [-0.39, 0.29) is 11.6 Å². The quantitative estimate of drug-likeness (QED) is 0.627. The van der Waals surface area contributed by atoms with Gasteiger partial charge < -0.3 is 9.31 Å². The van der Waals surface area contributed by atoms with Gasteiger partial charge in [0.1, 0.15) is 5.82 Å². The van der Waals surface area contributed by atoms with Gasteiger partial charge in [0, 0.05) is 5.56 Å². The monoisotopic (exact) mass is 278 g/mol. The van der Waals surface area contributed by atoms with E-state index in [0.29, 0.717) is 5.56 Å². The van der Waals surface area contributed by atoms with Gasteiger partial charge in [-0.1, -0.05) is 6.92 Å². The van der Waals surface area contributed by atoms with Crippen molar-refractivity contribution in [2.75, 3.05) is 0 Å². The Hall–Kier alpha value is -1.20. The van der Waals surface area contributed by atoms with Crippen molar-refractivity contribution < 1.29 is 18.5 Å². The van der Waals surface area contributed by atoms with Crippen LogP contribution in [0.5, 0.6) is 0 Å². The van der Waals surface area contributed by atoms with E-state index in [0.717, 1.165) is 0 Å². The summed E-state index contributed by atoms with van der Waals surface area (Å²) in [5.41, 5.74) is -0.460. The molecule has 108 valence electrons. The number of hydrogen-bond acceptors (Lipinski definition) is 3. The Kier molecular flexibility index (Phi) is 3.78. The summed E-state index contributed by atoms with van der Waals surface area (Å²) in [4.78, 5) is 12.4. The van der Waals surface area contributed by atoms with Gasteiger partial charge in [-0.05, 0) is 52.0 Å². The molecule has 1 unspecified atom stereocenters. The number of carbonyl (C=O) groups excluding carboxylic acids is 1. The van der Waals surface area contributed by atoms with Crippen LogP contribution in [0.2, 0.25) is 5.82 Å². The van der Waals surface area contributed by atoms with Gasteiger partial charge in [-0.2, -0.15) is 0 Å². The third-order valence-electron chi connectivity index (χ3n) is 4.22. The smallest absolute Gasteiger partial charge is 0.403 e. The van der Waals surface area contributed by atoms with Crippen LogP contribution in [0.15, 0.2) is 24.3 Å². The zero-order valence-electron chi connectivity index (χ0n) is 12.6. The Bertz CT molecular complexity index is 494. The first kappa shape index (κ1) is 15.2. The molecule has 0 amide bonds. The minimum Gasteiger partial charge on any atom is -0.403 e. The van der Waals surface area contributed by atoms with Crippen LogP contribution < -0.4 is 0 Å². The number of carbonyl (C=O) groups is 1. The normalized spacial score (nSPS) is 21.8. The van der Waals surface area contributed by atoms with Crippen molar-refractivity contribution in [1.82, 2.24) is 0 Å². The second-order valence-corrected chi connectivity index (χ2v) is 6.28. The first-order chi connectivity index (χ1) is 9.14. The topological polar surface area (TPSA) is 35.5 Å². The lowest BCUT2D eigenvalue weighted by Crippen LogP contribution is -2.41. The molecule has 1 aromatic rings. The van der Waals surface area contributed by atoms with Gasteiger partial charge in [0.05, 0.1) is 17.0 Å². The van der Waals surface area contributed by atoms with Crippen LogP contribution in [0.4, 0.5) is 4.39 Å². The molecule has 1 aromatic carbocycles. The molecular formula is C15H20BFO3. The number of rotatable bonds is 3. The highest BCUT2D eigenvalue weighted by Gasteiger charge is 2.54. The molecule has 0 aromatic heterocycles. The summed E-state index contributed by atoms with van der Waals surface area (Å²) in [5.74, 6) is -0.908. The Morgan fingerprint density at radius 1 is 1.10 bits per heavy atom. The molecule has 0 N–H and O–H groups in total. The zero-order valence-corrected chi connectivity index (χ0v) is 12.6. The zero-order chi connectivity index (χ0) is 15.1. The average Bonchev–Trinajstić information content (AvgIpc) is 2.57. The standard InChI is InChI=1S/C15H20BFO3/c1-10(13(18)11-6-8-12(17)9-7-11)16-19-14(2,3)15(4,5)20-16/h6-10H,1-5H3. The fourth-order valence-corrected chi connectivity index (χ4v) is 2.09. The van der Waals surface area contributed by atoms with E-state index < -0.39 is 24.1 Å². The highest BCUT2D eigenvalue weighted by molar-refractivity contribution is 6.53. The molecule has 5 heteroatoms. The molecule has 0 radical (unpaired) electrons. The Balaban J connectivity index is 2.15. The van der Waals surface area contributed by atoms with Crippen LogP contribution >= 0.6 is 0 Å². The molecule has 0 aliphatic carbocycles. The van der Waals surface area contributed by atoms with Crippen molar-refractivity contribution >= 4 is 12.9 Å². The van der Waals surface area contributed by atoms with Crippen molar-refractivity contribution in [3.8, 4) is 0 Å². The molecule has 3 nitrogen and oxygen atoms in total. The predicted molar refractivity (Wildman–Crippen MR) is 76.2 cm³/mol. The van der Waals surface area contributed by atoms with Crippen LogP contribution in [-0.2, 0) is 9.31 Å². The minimum absolute atomic E-state index is 0.108. The van der Waals surface area contributed by atoms with E-state index in [9.17, 15) is 9.18 Å². The maximum atomic E-state index is 12.9. The van der Waals surface area contributed by atoms with Gasteiger partial charge in [0.2, 0.25) is 0 Å². The molecule has 1 aliphatic heterocycles. The maximum Gasteiger partial charge on any atom is 0.469 e. The number of benzene rings is 1. The molecule has 2 rings (SSSR count). The lowest BCUT2D eigenvalue weighted by atomic mass is 9.69. The largest absolute Gasteiger partial charge is 0.469 e. The van der Waals surface area contributed by atoms with E-state index in [2.05, 4.69) is 0 Å². The van der Waals surface area contributed by atoms with Crippen molar-refractivity contribution in [3.63, 3.8) is 0 Å². The summed E-state index contributed by atoms with van der Waals surface area (Å²) >= 11 is 0. The highest BCUT2D eigenvalue weighted by Crippen LogP contribution is 2.40. The van der Waals surface area contributed by atoms with Gasteiger partial charge in [-0.25, -0.2) is 4.39 Å². The van der Waals surface area contributed by atoms with Crippen molar-refractivity contribution in [3.05, 3.63) is 35.6 Å². The first-order valence-corrected chi connectivity index (χ1v) is 6.79. The number of Topliss-reactive ketones (excluding diaryl/α,β-unsaturated/α-hetero) is 1. The summed E-state index contributed by atoms with van der Waals surface area (Å²) in [6.07, 6.45) is 0. The van der Waals surface area contributed by atoms with Crippen LogP contribution in [0.3, 0.4) is 0 Å². The Morgan fingerprint density at radius 2 is 1.55 bits per heavy atom. The lowest BCUT2D eigenvalue weighted by Gasteiger charge is -2.32.